The highest BCUT2D eigenvalue weighted by Crippen LogP contribution is 2.34. The standard InChI is InChI=1S/C13H15BrN4O2/c1-15-12-11(14)13(17-7-16-12)18-9-6-8(19-2)4-5-10(9)20-3/h4-7H,1-3H3,(H2,15,16,17,18). The van der Waals surface area contributed by atoms with Gasteiger partial charge < -0.3 is 20.1 Å². The molecule has 0 saturated heterocycles. The molecule has 2 N–H and O–H groups in total. The summed E-state index contributed by atoms with van der Waals surface area (Å²) in [4.78, 5) is 8.32. The molecule has 2 aromatic rings. The van der Waals surface area contributed by atoms with Crippen molar-refractivity contribution in [2.24, 2.45) is 0 Å². The molecule has 0 atom stereocenters. The van der Waals surface area contributed by atoms with Crippen LogP contribution in [0.15, 0.2) is 29.0 Å². The van der Waals surface area contributed by atoms with Crippen molar-refractivity contribution < 1.29 is 9.47 Å². The third kappa shape index (κ3) is 2.93. The van der Waals surface area contributed by atoms with Gasteiger partial charge in [-0.05, 0) is 28.1 Å². The first-order valence-corrected chi connectivity index (χ1v) is 6.66. The van der Waals surface area contributed by atoms with Crippen LogP contribution in [0.2, 0.25) is 0 Å². The summed E-state index contributed by atoms with van der Waals surface area (Å²) in [5.74, 6) is 2.76. The summed E-state index contributed by atoms with van der Waals surface area (Å²) in [5.41, 5.74) is 0.758. The number of methoxy groups -OCH3 is 2. The number of anilines is 3. The van der Waals surface area contributed by atoms with Crippen LogP contribution in [0.25, 0.3) is 0 Å². The van der Waals surface area contributed by atoms with Gasteiger partial charge in [-0.15, -0.1) is 0 Å². The summed E-state index contributed by atoms with van der Waals surface area (Å²) in [6.07, 6.45) is 1.48. The van der Waals surface area contributed by atoms with Gasteiger partial charge in [0, 0.05) is 13.1 Å². The zero-order chi connectivity index (χ0) is 14.5. The van der Waals surface area contributed by atoms with Crippen molar-refractivity contribution >= 4 is 33.3 Å². The lowest BCUT2D eigenvalue weighted by Gasteiger charge is -2.13. The number of nitrogens with one attached hydrogen (secondary N) is 2. The van der Waals surface area contributed by atoms with Crippen LogP contribution < -0.4 is 20.1 Å². The van der Waals surface area contributed by atoms with Crippen molar-refractivity contribution in [3.63, 3.8) is 0 Å². The van der Waals surface area contributed by atoms with Gasteiger partial charge in [0.05, 0.1) is 19.9 Å². The Morgan fingerprint density at radius 2 is 1.85 bits per heavy atom. The molecule has 0 aliphatic carbocycles. The first-order chi connectivity index (χ1) is 9.69. The number of rotatable bonds is 5. The fourth-order valence-corrected chi connectivity index (χ4v) is 2.17. The lowest BCUT2D eigenvalue weighted by Crippen LogP contribution is -2.02. The van der Waals surface area contributed by atoms with E-state index < -0.39 is 0 Å². The molecule has 0 saturated carbocycles. The van der Waals surface area contributed by atoms with Crippen LogP contribution >= 0.6 is 15.9 Å². The Balaban J connectivity index is 2.38. The van der Waals surface area contributed by atoms with Gasteiger partial charge in [0.15, 0.2) is 0 Å². The Morgan fingerprint density at radius 3 is 2.50 bits per heavy atom. The summed E-state index contributed by atoms with van der Waals surface area (Å²) in [6, 6.07) is 5.50. The van der Waals surface area contributed by atoms with Gasteiger partial charge in [-0.2, -0.15) is 0 Å². The Hall–Kier alpha value is -2.02. The molecular weight excluding hydrogens is 324 g/mol. The number of ether oxygens (including phenoxy) is 2. The molecule has 0 aliphatic heterocycles. The van der Waals surface area contributed by atoms with E-state index in [4.69, 9.17) is 9.47 Å². The van der Waals surface area contributed by atoms with Gasteiger partial charge in [-0.25, -0.2) is 9.97 Å². The second-order valence-electron chi connectivity index (χ2n) is 3.83. The molecule has 106 valence electrons. The molecule has 0 aliphatic rings. The van der Waals surface area contributed by atoms with E-state index in [0.29, 0.717) is 17.4 Å². The predicted octanol–water partition coefficient (Wildman–Crippen LogP) is 3.04. The van der Waals surface area contributed by atoms with E-state index in [2.05, 4.69) is 36.5 Å². The number of hydrogen-bond donors (Lipinski definition) is 2. The van der Waals surface area contributed by atoms with Gasteiger partial charge >= 0.3 is 0 Å². The molecule has 7 heteroatoms. The van der Waals surface area contributed by atoms with Gasteiger partial charge in [0.1, 0.15) is 33.9 Å². The van der Waals surface area contributed by atoms with E-state index in [-0.39, 0.29) is 0 Å². The van der Waals surface area contributed by atoms with Crippen molar-refractivity contribution in [1.29, 1.82) is 0 Å². The number of aromatic nitrogens is 2. The summed E-state index contributed by atoms with van der Waals surface area (Å²) >= 11 is 3.46. The molecule has 6 nitrogen and oxygen atoms in total. The van der Waals surface area contributed by atoms with Crippen molar-refractivity contribution in [2.75, 3.05) is 31.9 Å². The second-order valence-corrected chi connectivity index (χ2v) is 4.62. The fourth-order valence-electron chi connectivity index (χ4n) is 1.67. The Morgan fingerprint density at radius 1 is 1.10 bits per heavy atom. The number of nitrogens with zero attached hydrogens (tertiary/aromatic N) is 2. The van der Waals surface area contributed by atoms with E-state index in [1.54, 1.807) is 21.3 Å². The zero-order valence-corrected chi connectivity index (χ0v) is 13.0. The van der Waals surface area contributed by atoms with Gasteiger partial charge in [-0.3, -0.25) is 0 Å². The number of hydrogen-bond acceptors (Lipinski definition) is 6. The Kier molecular flexibility index (Phi) is 4.62. The first kappa shape index (κ1) is 14.4. The molecule has 2 rings (SSSR count). The minimum Gasteiger partial charge on any atom is -0.497 e. The quantitative estimate of drug-likeness (QED) is 0.873. The molecule has 0 unspecified atom stereocenters. The van der Waals surface area contributed by atoms with Crippen LogP contribution in [0, 0.1) is 0 Å². The van der Waals surface area contributed by atoms with Crippen LogP contribution in [-0.2, 0) is 0 Å². The average molecular weight is 339 g/mol. The predicted molar refractivity (Wildman–Crippen MR) is 82.1 cm³/mol. The minimum atomic E-state index is 0.635. The Labute approximate surface area is 125 Å². The van der Waals surface area contributed by atoms with Crippen LogP contribution in [0.1, 0.15) is 0 Å². The largest absolute Gasteiger partial charge is 0.497 e. The van der Waals surface area contributed by atoms with E-state index in [0.717, 1.165) is 15.9 Å². The molecule has 20 heavy (non-hydrogen) atoms. The molecule has 0 fully saturated rings. The van der Waals surface area contributed by atoms with E-state index in [1.165, 1.54) is 6.33 Å². The molecule has 1 aromatic carbocycles. The highest BCUT2D eigenvalue weighted by molar-refractivity contribution is 9.10. The highest BCUT2D eigenvalue weighted by Gasteiger charge is 2.11. The maximum Gasteiger partial charge on any atom is 0.150 e. The molecular formula is C13H15BrN4O2. The first-order valence-electron chi connectivity index (χ1n) is 5.87. The molecule has 1 heterocycles. The van der Waals surface area contributed by atoms with Gasteiger partial charge in [0.25, 0.3) is 0 Å². The van der Waals surface area contributed by atoms with E-state index in [1.807, 2.05) is 18.2 Å². The molecule has 0 spiro atoms. The normalized spacial score (nSPS) is 10.0. The second kappa shape index (κ2) is 6.42. The lowest BCUT2D eigenvalue weighted by atomic mass is 10.2. The monoisotopic (exact) mass is 338 g/mol. The average Bonchev–Trinajstić information content (AvgIpc) is 2.49. The smallest absolute Gasteiger partial charge is 0.150 e. The lowest BCUT2D eigenvalue weighted by molar-refractivity contribution is 0.405. The topological polar surface area (TPSA) is 68.3 Å². The van der Waals surface area contributed by atoms with E-state index in [9.17, 15) is 0 Å². The van der Waals surface area contributed by atoms with Crippen molar-refractivity contribution in [3.8, 4) is 11.5 Å². The summed E-state index contributed by atoms with van der Waals surface area (Å²) in [5, 5.41) is 6.18. The zero-order valence-electron chi connectivity index (χ0n) is 11.4. The maximum atomic E-state index is 5.32. The van der Waals surface area contributed by atoms with Crippen molar-refractivity contribution in [1.82, 2.24) is 9.97 Å². The SMILES string of the molecule is CNc1ncnc(Nc2cc(OC)ccc2OC)c1Br. The Bertz CT molecular complexity index is 607. The van der Waals surface area contributed by atoms with E-state index >= 15 is 0 Å². The van der Waals surface area contributed by atoms with Crippen molar-refractivity contribution in [3.05, 3.63) is 29.0 Å². The maximum absolute atomic E-state index is 5.32. The van der Waals surface area contributed by atoms with Gasteiger partial charge in [0.2, 0.25) is 0 Å². The summed E-state index contributed by atoms with van der Waals surface area (Å²) in [6.45, 7) is 0. The number of halogens is 1. The number of benzene rings is 1. The summed E-state index contributed by atoms with van der Waals surface area (Å²) < 4.78 is 11.3. The van der Waals surface area contributed by atoms with Crippen molar-refractivity contribution in [2.45, 2.75) is 0 Å². The van der Waals surface area contributed by atoms with Crippen LogP contribution in [0.5, 0.6) is 11.5 Å². The van der Waals surface area contributed by atoms with Crippen LogP contribution in [-0.4, -0.2) is 31.2 Å². The third-order valence-corrected chi connectivity index (χ3v) is 3.44. The molecule has 1 aromatic heterocycles. The molecule has 0 radical (unpaired) electrons. The third-order valence-electron chi connectivity index (χ3n) is 2.69. The fraction of sp³-hybridized carbons (Fsp3) is 0.231. The van der Waals surface area contributed by atoms with Crippen LogP contribution in [0.3, 0.4) is 0 Å². The van der Waals surface area contributed by atoms with Crippen LogP contribution in [0.4, 0.5) is 17.3 Å². The highest BCUT2D eigenvalue weighted by atomic mass is 79.9. The minimum absolute atomic E-state index is 0.635. The summed E-state index contributed by atoms with van der Waals surface area (Å²) in [7, 11) is 5.02. The molecule has 0 amide bonds. The molecule has 0 bridgehead atoms. The van der Waals surface area contributed by atoms with Gasteiger partial charge in [-0.1, -0.05) is 0 Å².